The zero-order valence-electron chi connectivity index (χ0n) is 16.1. The van der Waals surface area contributed by atoms with Gasteiger partial charge in [-0.1, -0.05) is 17.7 Å². The molecule has 2 aromatic rings. The molecular weight excluding hydrogens is 406 g/mol. The number of halogens is 1. The molecule has 0 bridgehead atoms. The first-order valence-electron chi connectivity index (χ1n) is 9.94. The maximum Gasteiger partial charge on any atom is 0.256 e. The summed E-state index contributed by atoms with van der Waals surface area (Å²) in [6.45, 7) is 3.40. The molecule has 4 rings (SSSR count). The highest BCUT2D eigenvalue weighted by Gasteiger charge is 2.30. The lowest BCUT2D eigenvalue weighted by Crippen LogP contribution is -2.31. The third-order valence-corrected chi connectivity index (χ3v) is 6.39. The molecule has 1 fully saturated rings. The SMILES string of the molecule is O=C(Nc1cccc2c1CN(CCC1CCNCC1)C2=O)c1cc(Cl)ccc1S. The second kappa shape index (κ2) is 8.78. The molecular formula is C22H24ClN3O2S. The molecule has 1 saturated heterocycles. The molecule has 2 N–H and O–H groups in total. The van der Waals surface area contributed by atoms with E-state index in [0.717, 1.165) is 31.6 Å². The number of benzene rings is 2. The number of fused-ring (bicyclic) bond motifs is 1. The number of nitrogens with zero attached hydrogens (tertiary/aromatic N) is 1. The maximum atomic E-state index is 12.8. The van der Waals surface area contributed by atoms with E-state index in [1.165, 1.54) is 12.8 Å². The summed E-state index contributed by atoms with van der Waals surface area (Å²) in [6.07, 6.45) is 3.36. The Morgan fingerprint density at radius 2 is 2.03 bits per heavy atom. The summed E-state index contributed by atoms with van der Waals surface area (Å²) in [5.74, 6) is 0.428. The molecule has 0 saturated carbocycles. The van der Waals surface area contributed by atoms with Crippen molar-refractivity contribution in [3.05, 3.63) is 58.1 Å². The Balaban J connectivity index is 1.47. The summed E-state index contributed by atoms with van der Waals surface area (Å²) in [4.78, 5) is 28.1. The van der Waals surface area contributed by atoms with E-state index in [-0.39, 0.29) is 11.8 Å². The van der Waals surface area contributed by atoms with Crippen molar-refractivity contribution in [3.8, 4) is 0 Å². The fourth-order valence-corrected chi connectivity index (χ4v) is 4.49. The summed E-state index contributed by atoms with van der Waals surface area (Å²) < 4.78 is 0. The molecule has 7 heteroatoms. The predicted octanol–water partition coefficient (Wildman–Crippen LogP) is 4.23. The lowest BCUT2D eigenvalue weighted by molar-refractivity contribution is 0.0766. The van der Waals surface area contributed by atoms with Crippen LogP contribution in [0.25, 0.3) is 0 Å². The van der Waals surface area contributed by atoms with Gasteiger partial charge in [0.15, 0.2) is 0 Å². The molecule has 152 valence electrons. The number of anilines is 1. The van der Waals surface area contributed by atoms with E-state index >= 15 is 0 Å². The van der Waals surface area contributed by atoms with Gasteiger partial charge in [-0.3, -0.25) is 9.59 Å². The van der Waals surface area contributed by atoms with Gasteiger partial charge < -0.3 is 15.5 Å². The van der Waals surface area contributed by atoms with Crippen molar-refractivity contribution in [2.45, 2.75) is 30.7 Å². The Morgan fingerprint density at radius 1 is 1.24 bits per heavy atom. The molecule has 2 aliphatic rings. The van der Waals surface area contributed by atoms with Gasteiger partial charge in [-0.15, -0.1) is 12.6 Å². The van der Waals surface area contributed by atoms with E-state index in [4.69, 9.17) is 11.6 Å². The molecule has 0 radical (unpaired) electrons. The van der Waals surface area contributed by atoms with Crippen molar-refractivity contribution >= 4 is 41.7 Å². The largest absolute Gasteiger partial charge is 0.334 e. The number of thiol groups is 1. The van der Waals surface area contributed by atoms with Crippen LogP contribution in [0.2, 0.25) is 5.02 Å². The highest BCUT2D eigenvalue weighted by molar-refractivity contribution is 7.80. The van der Waals surface area contributed by atoms with Crippen LogP contribution in [0.5, 0.6) is 0 Å². The highest BCUT2D eigenvalue weighted by Crippen LogP contribution is 2.31. The number of rotatable bonds is 5. The van der Waals surface area contributed by atoms with E-state index in [0.29, 0.717) is 39.2 Å². The summed E-state index contributed by atoms with van der Waals surface area (Å²) in [5, 5.41) is 6.79. The Kier molecular flexibility index (Phi) is 6.13. The first-order valence-corrected chi connectivity index (χ1v) is 10.8. The van der Waals surface area contributed by atoms with Crippen LogP contribution in [-0.2, 0) is 6.54 Å². The number of hydrogen-bond acceptors (Lipinski definition) is 4. The minimum absolute atomic E-state index is 0.0441. The first kappa shape index (κ1) is 20.3. The van der Waals surface area contributed by atoms with E-state index < -0.39 is 0 Å². The number of piperidine rings is 1. The van der Waals surface area contributed by atoms with Gasteiger partial charge in [0.2, 0.25) is 0 Å². The fourth-order valence-electron chi connectivity index (χ4n) is 4.08. The van der Waals surface area contributed by atoms with Gasteiger partial charge in [0, 0.05) is 39.8 Å². The lowest BCUT2D eigenvalue weighted by atomic mass is 9.94. The number of hydrogen-bond donors (Lipinski definition) is 3. The molecule has 2 heterocycles. The molecule has 29 heavy (non-hydrogen) atoms. The molecule has 0 atom stereocenters. The molecule has 2 aliphatic heterocycles. The monoisotopic (exact) mass is 429 g/mol. The van der Waals surface area contributed by atoms with Crippen LogP contribution in [0.15, 0.2) is 41.3 Å². The molecule has 5 nitrogen and oxygen atoms in total. The van der Waals surface area contributed by atoms with E-state index in [9.17, 15) is 9.59 Å². The third kappa shape index (κ3) is 4.44. The summed E-state index contributed by atoms with van der Waals surface area (Å²) in [6, 6.07) is 10.5. The molecule has 0 spiro atoms. The fraction of sp³-hybridized carbons (Fsp3) is 0.364. The van der Waals surface area contributed by atoms with Crippen molar-refractivity contribution in [2.75, 3.05) is 25.0 Å². The third-order valence-electron chi connectivity index (χ3n) is 5.76. The second-order valence-electron chi connectivity index (χ2n) is 7.66. The Hall–Kier alpha value is -2.02. The average molecular weight is 430 g/mol. The normalized spacial score (nSPS) is 16.8. The van der Waals surface area contributed by atoms with Crippen LogP contribution in [0.1, 0.15) is 45.5 Å². The quantitative estimate of drug-likeness (QED) is 0.623. The summed E-state index contributed by atoms with van der Waals surface area (Å²) in [5.41, 5.74) is 2.62. The molecule has 2 amide bonds. The molecule has 0 aliphatic carbocycles. The minimum Gasteiger partial charge on any atom is -0.334 e. The number of nitrogens with one attached hydrogen (secondary N) is 2. The maximum absolute atomic E-state index is 12.8. The van der Waals surface area contributed by atoms with E-state index in [1.807, 2.05) is 23.1 Å². The number of carbonyl (C=O) groups is 2. The predicted molar refractivity (Wildman–Crippen MR) is 118 cm³/mol. The zero-order chi connectivity index (χ0) is 20.4. The standard InChI is InChI=1S/C22H24ClN3O2S/c23-15-4-5-20(29)17(12-15)21(27)25-19-3-1-2-16-18(19)13-26(22(16)28)11-8-14-6-9-24-10-7-14/h1-5,12,14,24,29H,6-11,13H2,(H,25,27). The zero-order valence-corrected chi connectivity index (χ0v) is 17.7. The van der Waals surface area contributed by atoms with Crippen LogP contribution in [0, 0.1) is 5.92 Å². The van der Waals surface area contributed by atoms with Crippen LogP contribution in [0.4, 0.5) is 5.69 Å². The minimum atomic E-state index is -0.286. The van der Waals surface area contributed by atoms with Gasteiger partial charge in [-0.2, -0.15) is 0 Å². The Bertz CT molecular complexity index is 944. The summed E-state index contributed by atoms with van der Waals surface area (Å²) >= 11 is 10.4. The Morgan fingerprint density at radius 3 is 2.83 bits per heavy atom. The number of amides is 2. The highest BCUT2D eigenvalue weighted by atomic mass is 35.5. The lowest BCUT2D eigenvalue weighted by Gasteiger charge is -2.25. The van der Waals surface area contributed by atoms with E-state index in [1.54, 1.807) is 18.2 Å². The van der Waals surface area contributed by atoms with E-state index in [2.05, 4.69) is 23.3 Å². The van der Waals surface area contributed by atoms with Gasteiger partial charge >= 0.3 is 0 Å². The van der Waals surface area contributed by atoms with Crippen LogP contribution >= 0.6 is 24.2 Å². The first-order chi connectivity index (χ1) is 14.0. The second-order valence-corrected chi connectivity index (χ2v) is 8.57. The molecule has 0 aromatic heterocycles. The molecule has 0 unspecified atom stereocenters. The van der Waals surface area contributed by atoms with Gasteiger partial charge in [0.25, 0.3) is 11.8 Å². The van der Waals surface area contributed by atoms with Crippen molar-refractivity contribution in [3.63, 3.8) is 0 Å². The van der Waals surface area contributed by atoms with Crippen LogP contribution < -0.4 is 10.6 Å². The number of carbonyl (C=O) groups excluding carboxylic acids is 2. The van der Waals surface area contributed by atoms with Gasteiger partial charge in [-0.05, 0) is 68.6 Å². The van der Waals surface area contributed by atoms with Crippen molar-refractivity contribution in [2.24, 2.45) is 5.92 Å². The van der Waals surface area contributed by atoms with Crippen LogP contribution in [0.3, 0.4) is 0 Å². The van der Waals surface area contributed by atoms with Gasteiger partial charge in [-0.25, -0.2) is 0 Å². The Labute approximate surface area is 181 Å². The van der Waals surface area contributed by atoms with Crippen molar-refractivity contribution < 1.29 is 9.59 Å². The van der Waals surface area contributed by atoms with Crippen molar-refractivity contribution in [1.82, 2.24) is 10.2 Å². The smallest absolute Gasteiger partial charge is 0.256 e. The van der Waals surface area contributed by atoms with Crippen molar-refractivity contribution in [1.29, 1.82) is 0 Å². The average Bonchev–Trinajstić information content (AvgIpc) is 3.06. The van der Waals surface area contributed by atoms with Crippen LogP contribution in [-0.4, -0.2) is 36.3 Å². The van der Waals surface area contributed by atoms with Gasteiger partial charge in [0.1, 0.15) is 0 Å². The summed E-state index contributed by atoms with van der Waals surface area (Å²) in [7, 11) is 0. The van der Waals surface area contributed by atoms with Gasteiger partial charge in [0.05, 0.1) is 5.56 Å². The molecule has 2 aromatic carbocycles. The topological polar surface area (TPSA) is 61.4 Å².